The fourth-order valence-electron chi connectivity index (χ4n) is 3.00. The summed E-state index contributed by atoms with van der Waals surface area (Å²) in [7, 11) is 0. The minimum atomic E-state index is -0.223. The quantitative estimate of drug-likeness (QED) is 0.605. The molecule has 4 aromatic rings. The Labute approximate surface area is 154 Å². The summed E-state index contributed by atoms with van der Waals surface area (Å²) in [6, 6.07) is 11.3. The molecule has 1 aliphatic carbocycles. The van der Waals surface area contributed by atoms with Crippen LogP contribution in [0.5, 0.6) is 0 Å². The van der Waals surface area contributed by atoms with Crippen LogP contribution in [0.3, 0.4) is 0 Å². The van der Waals surface area contributed by atoms with Crippen molar-refractivity contribution in [1.82, 2.24) is 29.6 Å². The molecule has 0 atom stereocenters. The van der Waals surface area contributed by atoms with Crippen molar-refractivity contribution < 1.29 is 4.79 Å². The summed E-state index contributed by atoms with van der Waals surface area (Å²) in [4.78, 5) is 18.5. The molecule has 5 rings (SSSR count). The molecule has 1 N–H and O–H groups in total. The highest BCUT2D eigenvalue weighted by molar-refractivity contribution is 6.04. The third kappa shape index (κ3) is 2.84. The molecule has 3 aromatic heterocycles. The number of nitrogens with one attached hydrogen (secondary N) is 1. The fourth-order valence-corrected chi connectivity index (χ4v) is 3.00. The summed E-state index contributed by atoms with van der Waals surface area (Å²) in [6.07, 6.45) is 5.64. The molecule has 1 aliphatic rings. The van der Waals surface area contributed by atoms with E-state index in [1.165, 1.54) is 4.80 Å². The molecule has 1 aromatic carbocycles. The lowest BCUT2D eigenvalue weighted by molar-refractivity contribution is 0.102. The van der Waals surface area contributed by atoms with E-state index in [0.29, 0.717) is 17.3 Å². The van der Waals surface area contributed by atoms with Gasteiger partial charge in [0.05, 0.1) is 11.9 Å². The van der Waals surface area contributed by atoms with Gasteiger partial charge in [0, 0.05) is 17.8 Å². The number of fused-ring (bicyclic) bond motifs is 1. The lowest BCUT2D eigenvalue weighted by Crippen LogP contribution is -2.15. The molecule has 0 aliphatic heterocycles. The Hall–Kier alpha value is -3.55. The van der Waals surface area contributed by atoms with Gasteiger partial charge in [0.15, 0.2) is 5.82 Å². The van der Waals surface area contributed by atoms with Gasteiger partial charge >= 0.3 is 0 Å². The Morgan fingerprint density at radius 2 is 2.11 bits per heavy atom. The van der Waals surface area contributed by atoms with E-state index >= 15 is 0 Å². The number of aryl methyl sites for hydroxylation is 1. The van der Waals surface area contributed by atoms with Crippen LogP contribution in [-0.4, -0.2) is 35.5 Å². The minimum Gasteiger partial charge on any atom is -0.320 e. The van der Waals surface area contributed by atoms with E-state index in [9.17, 15) is 4.79 Å². The number of aromatic nitrogens is 6. The van der Waals surface area contributed by atoms with Crippen molar-refractivity contribution in [2.75, 3.05) is 5.32 Å². The average molecular weight is 359 g/mol. The summed E-state index contributed by atoms with van der Waals surface area (Å²) in [5.41, 5.74) is 3.61. The van der Waals surface area contributed by atoms with E-state index in [0.717, 1.165) is 35.6 Å². The second-order valence-electron chi connectivity index (χ2n) is 6.74. The number of imidazole rings is 1. The summed E-state index contributed by atoms with van der Waals surface area (Å²) in [5, 5.41) is 15.7. The van der Waals surface area contributed by atoms with E-state index in [1.807, 2.05) is 49.5 Å². The van der Waals surface area contributed by atoms with Gasteiger partial charge in [-0.05, 0) is 54.8 Å². The van der Waals surface area contributed by atoms with Crippen molar-refractivity contribution in [1.29, 1.82) is 0 Å². The first-order valence-electron chi connectivity index (χ1n) is 8.83. The maximum absolute atomic E-state index is 12.8. The molecule has 0 bridgehead atoms. The monoisotopic (exact) mass is 359 g/mol. The van der Waals surface area contributed by atoms with Crippen molar-refractivity contribution in [2.24, 2.45) is 0 Å². The van der Waals surface area contributed by atoms with Crippen LogP contribution in [0, 0.1) is 6.92 Å². The van der Waals surface area contributed by atoms with Crippen LogP contribution in [0.1, 0.15) is 40.6 Å². The molecule has 8 heteroatoms. The Balaban J connectivity index is 1.44. The van der Waals surface area contributed by atoms with Crippen LogP contribution < -0.4 is 5.32 Å². The zero-order valence-corrected chi connectivity index (χ0v) is 14.7. The molecule has 0 radical (unpaired) electrons. The van der Waals surface area contributed by atoms with Crippen molar-refractivity contribution in [3.8, 4) is 5.69 Å². The number of rotatable bonds is 4. The van der Waals surface area contributed by atoms with Crippen molar-refractivity contribution >= 4 is 17.2 Å². The number of benzene rings is 1. The average Bonchev–Trinajstić information content (AvgIpc) is 3.25. The predicted octanol–water partition coefficient (Wildman–Crippen LogP) is 2.75. The molecular formula is C19H17N7O. The molecule has 1 amide bonds. The first kappa shape index (κ1) is 15.7. The number of anilines is 1. The Kier molecular flexibility index (Phi) is 3.49. The molecule has 1 saturated carbocycles. The smallest absolute Gasteiger partial charge is 0.274 e. The van der Waals surface area contributed by atoms with Gasteiger partial charge in [-0.2, -0.15) is 0 Å². The zero-order chi connectivity index (χ0) is 18.4. The molecule has 3 heterocycles. The summed E-state index contributed by atoms with van der Waals surface area (Å²) < 4.78 is 1.76. The number of carbonyl (C=O) groups excluding carboxylic acids is 1. The SMILES string of the molecule is Cc1ccc(-n2nnc(C3CC3)n2)cc1NC(=O)c1cnc2ccccn12. The first-order chi connectivity index (χ1) is 13.2. The number of pyridine rings is 1. The number of nitrogens with zero attached hydrogens (tertiary/aromatic N) is 6. The highest BCUT2D eigenvalue weighted by Crippen LogP contribution is 2.37. The highest BCUT2D eigenvalue weighted by atomic mass is 16.1. The van der Waals surface area contributed by atoms with Gasteiger partial charge in [0.2, 0.25) is 0 Å². The summed E-state index contributed by atoms with van der Waals surface area (Å²) in [6.45, 7) is 1.94. The molecule has 0 saturated heterocycles. The molecule has 134 valence electrons. The maximum Gasteiger partial charge on any atom is 0.274 e. The van der Waals surface area contributed by atoms with Gasteiger partial charge in [-0.15, -0.1) is 15.0 Å². The molecule has 1 fully saturated rings. The second kappa shape index (κ2) is 6.01. The van der Waals surface area contributed by atoms with Crippen LogP contribution >= 0.6 is 0 Å². The zero-order valence-electron chi connectivity index (χ0n) is 14.7. The topological polar surface area (TPSA) is 90.0 Å². The van der Waals surface area contributed by atoms with Gasteiger partial charge < -0.3 is 5.32 Å². The largest absolute Gasteiger partial charge is 0.320 e. The Morgan fingerprint density at radius 1 is 1.22 bits per heavy atom. The molecule has 0 spiro atoms. The van der Waals surface area contributed by atoms with E-state index in [2.05, 4.69) is 25.7 Å². The van der Waals surface area contributed by atoms with E-state index in [1.54, 1.807) is 10.6 Å². The van der Waals surface area contributed by atoms with Gasteiger partial charge in [0.1, 0.15) is 11.3 Å². The van der Waals surface area contributed by atoms with Crippen LogP contribution in [-0.2, 0) is 0 Å². The molecule has 8 nitrogen and oxygen atoms in total. The van der Waals surface area contributed by atoms with E-state index < -0.39 is 0 Å². The van der Waals surface area contributed by atoms with E-state index in [4.69, 9.17) is 0 Å². The standard InChI is InChI=1S/C19H17N7O/c1-12-5-8-14(26-23-18(22-24-26)13-6-7-13)10-15(12)21-19(27)16-11-20-17-4-2-3-9-25(16)17/h2-5,8-11,13H,6-7H2,1H3,(H,21,27). The summed E-state index contributed by atoms with van der Waals surface area (Å²) in [5.74, 6) is 1.00. The normalized spacial score (nSPS) is 13.8. The lowest BCUT2D eigenvalue weighted by Gasteiger charge is -2.10. The number of hydrogen-bond donors (Lipinski definition) is 1. The molecule has 0 unspecified atom stereocenters. The summed E-state index contributed by atoms with van der Waals surface area (Å²) >= 11 is 0. The third-order valence-electron chi connectivity index (χ3n) is 4.72. The maximum atomic E-state index is 12.8. The first-order valence-corrected chi connectivity index (χ1v) is 8.83. The van der Waals surface area contributed by atoms with Crippen molar-refractivity contribution in [3.05, 3.63) is 65.9 Å². The Morgan fingerprint density at radius 3 is 2.96 bits per heavy atom. The molecular weight excluding hydrogens is 342 g/mol. The van der Waals surface area contributed by atoms with Crippen LogP contribution in [0.2, 0.25) is 0 Å². The number of tetrazole rings is 1. The van der Waals surface area contributed by atoms with Crippen LogP contribution in [0.4, 0.5) is 5.69 Å². The van der Waals surface area contributed by atoms with Crippen LogP contribution in [0.25, 0.3) is 11.3 Å². The lowest BCUT2D eigenvalue weighted by atomic mass is 10.2. The molecule has 27 heavy (non-hydrogen) atoms. The number of hydrogen-bond acceptors (Lipinski definition) is 5. The second-order valence-corrected chi connectivity index (χ2v) is 6.74. The van der Waals surface area contributed by atoms with E-state index in [-0.39, 0.29) is 5.91 Å². The van der Waals surface area contributed by atoms with Crippen LogP contribution in [0.15, 0.2) is 48.8 Å². The van der Waals surface area contributed by atoms with Crippen molar-refractivity contribution in [2.45, 2.75) is 25.7 Å². The fraction of sp³-hybridized carbons (Fsp3) is 0.211. The third-order valence-corrected chi connectivity index (χ3v) is 4.72. The highest BCUT2D eigenvalue weighted by Gasteiger charge is 2.28. The number of amides is 1. The van der Waals surface area contributed by atoms with Gasteiger partial charge in [-0.3, -0.25) is 9.20 Å². The van der Waals surface area contributed by atoms with Gasteiger partial charge in [-0.25, -0.2) is 4.98 Å². The minimum absolute atomic E-state index is 0.223. The van der Waals surface area contributed by atoms with Crippen molar-refractivity contribution in [3.63, 3.8) is 0 Å². The van der Waals surface area contributed by atoms with Gasteiger partial charge in [0.25, 0.3) is 5.91 Å². The number of carbonyl (C=O) groups is 1. The predicted molar refractivity (Wildman–Crippen MR) is 99.0 cm³/mol. The Bertz CT molecular complexity index is 1160. The van der Waals surface area contributed by atoms with Gasteiger partial charge in [-0.1, -0.05) is 12.1 Å².